The second-order valence-corrected chi connectivity index (χ2v) is 5.80. The molecule has 1 aromatic carbocycles. The Kier molecular flexibility index (Phi) is 2.49. The molecule has 2 heteroatoms. The van der Waals surface area contributed by atoms with Gasteiger partial charge in [-0.05, 0) is 35.4 Å². The number of nitrogens with zero attached hydrogens (tertiary/aromatic N) is 1. The third-order valence-corrected chi connectivity index (χ3v) is 4.38. The zero-order chi connectivity index (χ0) is 11.7. The van der Waals surface area contributed by atoms with Crippen LogP contribution < -0.4 is 0 Å². The molecule has 0 saturated heterocycles. The molecule has 1 aliphatic carbocycles. The van der Waals surface area contributed by atoms with E-state index in [2.05, 4.69) is 47.8 Å². The van der Waals surface area contributed by atoms with E-state index in [0.717, 1.165) is 19.3 Å². The van der Waals surface area contributed by atoms with Crippen molar-refractivity contribution in [3.63, 3.8) is 0 Å². The molecule has 1 aliphatic rings. The van der Waals surface area contributed by atoms with Crippen LogP contribution in [0.3, 0.4) is 0 Å². The molecule has 84 valence electrons. The Morgan fingerprint density at radius 1 is 1.12 bits per heavy atom. The van der Waals surface area contributed by atoms with Crippen LogP contribution >= 0.6 is 11.3 Å². The van der Waals surface area contributed by atoms with Crippen LogP contribution in [0.4, 0.5) is 0 Å². The van der Waals surface area contributed by atoms with E-state index in [9.17, 15) is 5.26 Å². The van der Waals surface area contributed by atoms with Crippen molar-refractivity contribution in [3.05, 3.63) is 57.8 Å². The molecule has 17 heavy (non-hydrogen) atoms. The average Bonchev–Trinajstić information content (AvgIpc) is 2.96. The first-order valence-corrected chi connectivity index (χ1v) is 6.70. The van der Waals surface area contributed by atoms with Crippen LogP contribution in [0.15, 0.2) is 41.8 Å². The first-order chi connectivity index (χ1) is 8.31. The lowest BCUT2D eigenvalue weighted by Gasteiger charge is -2.18. The van der Waals surface area contributed by atoms with E-state index in [1.54, 1.807) is 11.3 Å². The topological polar surface area (TPSA) is 23.8 Å². The highest BCUT2D eigenvalue weighted by atomic mass is 32.1. The molecule has 0 spiro atoms. The molecule has 1 nitrogen and oxygen atoms in total. The number of hydrogen-bond donors (Lipinski definition) is 0. The van der Waals surface area contributed by atoms with Gasteiger partial charge in [-0.2, -0.15) is 5.26 Å². The number of fused-ring (bicyclic) bond motifs is 1. The van der Waals surface area contributed by atoms with Gasteiger partial charge in [-0.25, -0.2) is 0 Å². The van der Waals surface area contributed by atoms with E-state index < -0.39 is 0 Å². The van der Waals surface area contributed by atoms with Gasteiger partial charge in [-0.1, -0.05) is 30.3 Å². The second kappa shape index (κ2) is 4.01. The maximum absolute atomic E-state index is 9.54. The van der Waals surface area contributed by atoms with E-state index in [0.29, 0.717) is 0 Å². The highest BCUT2D eigenvalue weighted by Crippen LogP contribution is 2.39. The van der Waals surface area contributed by atoms with E-state index >= 15 is 0 Å². The van der Waals surface area contributed by atoms with Crippen molar-refractivity contribution < 1.29 is 0 Å². The van der Waals surface area contributed by atoms with Crippen LogP contribution in [0, 0.1) is 16.7 Å². The average molecular weight is 239 g/mol. The van der Waals surface area contributed by atoms with Crippen LogP contribution in [-0.4, -0.2) is 0 Å². The smallest absolute Gasteiger partial charge is 0.0702 e. The van der Waals surface area contributed by atoms with Gasteiger partial charge in [0.25, 0.3) is 0 Å². The Balaban J connectivity index is 1.90. The summed E-state index contributed by atoms with van der Waals surface area (Å²) < 4.78 is 0. The zero-order valence-electron chi connectivity index (χ0n) is 9.52. The fourth-order valence-electron chi connectivity index (χ4n) is 2.68. The van der Waals surface area contributed by atoms with Crippen molar-refractivity contribution in [1.29, 1.82) is 5.26 Å². The van der Waals surface area contributed by atoms with Gasteiger partial charge in [0.1, 0.15) is 0 Å². The van der Waals surface area contributed by atoms with Crippen LogP contribution in [0.2, 0.25) is 0 Å². The summed E-state index contributed by atoms with van der Waals surface area (Å²) in [5.74, 6) is 0. The van der Waals surface area contributed by atoms with Gasteiger partial charge >= 0.3 is 0 Å². The molecule has 3 rings (SSSR count). The summed E-state index contributed by atoms with van der Waals surface area (Å²) in [5, 5.41) is 11.6. The van der Waals surface area contributed by atoms with Crippen molar-refractivity contribution in [1.82, 2.24) is 0 Å². The fourth-order valence-corrected chi connectivity index (χ4v) is 3.53. The van der Waals surface area contributed by atoms with Crippen LogP contribution in [0.1, 0.15) is 16.0 Å². The van der Waals surface area contributed by atoms with Gasteiger partial charge in [-0.3, -0.25) is 0 Å². The highest BCUT2D eigenvalue weighted by Gasteiger charge is 2.37. The van der Waals surface area contributed by atoms with Gasteiger partial charge in [0, 0.05) is 11.3 Å². The minimum atomic E-state index is -0.214. The summed E-state index contributed by atoms with van der Waals surface area (Å²) in [6.45, 7) is 0. The lowest BCUT2D eigenvalue weighted by molar-refractivity contribution is 0.421. The van der Waals surface area contributed by atoms with Crippen molar-refractivity contribution in [2.24, 2.45) is 5.41 Å². The number of thiophene rings is 1. The summed E-state index contributed by atoms with van der Waals surface area (Å²) >= 11 is 1.75. The van der Waals surface area contributed by atoms with Crippen LogP contribution in [0.25, 0.3) is 0 Å². The molecular formula is C15H13NS. The molecule has 0 bridgehead atoms. The molecule has 0 amide bonds. The highest BCUT2D eigenvalue weighted by molar-refractivity contribution is 7.09. The second-order valence-electron chi connectivity index (χ2n) is 4.77. The van der Waals surface area contributed by atoms with E-state index in [-0.39, 0.29) is 5.41 Å². The number of rotatable bonds is 2. The minimum absolute atomic E-state index is 0.214. The Hall–Kier alpha value is -1.59. The van der Waals surface area contributed by atoms with Crippen molar-refractivity contribution in [2.45, 2.75) is 19.3 Å². The monoisotopic (exact) mass is 239 g/mol. The molecule has 0 radical (unpaired) electrons. The zero-order valence-corrected chi connectivity index (χ0v) is 10.3. The summed E-state index contributed by atoms with van der Waals surface area (Å²) in [6.07, 6.45) is 2.69. The quantitative estimate of drug-likeness (QED) is 0.785. The molecule has 1 aromatic heterocycles. The number of hydrogen-bond acceptors (Lipinski definition) is 2. The SMILES string of the molecule is N#CC1(Cc2cccs2)Cc2ccccc2C1. The summed E-state index contributed by atoms with van der Waals surface area (Å²) in [7, 11) is 0. The molecule has 0 saturated carbocycles. The molecule has 0 N–H and O–H groups in total. The summed E-state index contributed by atoms with van der Waals surface area (Å²) in [6, 6.07) is 15.2. The fraction of sp³-hybridized carbons (Fsp3) is 0.267. The number of nitriles is 1. The Labute approximate surface area is 105 Å². The molecular weight excluding hydrogens is 226 g/mol. The predicted octanol–water partition coefficient (Wildman–Crippen LogP) is 3.60. The molecule has 2 aromatic rings. The summed E-state index contributed by atoms with van der Waals surface area (Å²) in [4.78, 5) is 1.32. The molecule has 1 heterocycles. The predicted molar refractivity (Wildman–Crippen MR) is 69.9 cm³/mol. The third kappa shape index (κ3) is 1.87. The lowest BCUT2D eigenvalue weighted by Crippen LogP contribution is -2.21. The first kappa shape index (κ1) is 10.6. The van der Waals surface area contributed by atoms with Gasteiger partial charge in [0.05, 0.1) is 11.5 Å². The van der Waals surface area contributed by atoms with E-state index in [1.807, 2.05) is 0 Å². The largest absolute Gasteiger partial charge is 0.198 e. The standard InChI is InChI=1S/C15H13NS/c16-11-15(10-14-6-3-7-17-14)8-12-4-1-2-5-13(12)9-15/h1-7H,8-10H2. The van der Waals surface area contributed by atoms with E-state index in [4.69, 9.17) is 0 Å². The Morgan fingerprint density at radius 2 is 1.82 bits per heavy atom. The molecule has 0 fully saturated rings. The molecule has 0 atom stereocenters. The molecule has 0 unspecified atom stereocenters. The maximum atomic E-state index is 9.54. The van der Waals surface area contributed by atoms with Crippen molar-refractivity contribution in [3.8, 4) is 6.07 Å². The molecule has 0 aliphatic heterocycles. The van der Waals surface area contributed by atoms with Crippen molar-refractivity contribution >= 4 is 11.3 Å². The van der Waals surface area contributed by atoms with E-state index in [1.165, 1.54) is 16.0 Å². The summed E-state index contributed by atoms with van der Waals surface area (Å²) in [5.41, 5.74) is 2.49. The van der Waals surface area contributed by atoms with Crippen LogP contribution in [-0.2, 0) is 19.3 Å². The minimum Gasteiger partial charge on any atom is -0.198 e. The third-order valence-electron chi connectivity index (χ3n) is 3.51. The maximum Gasteiger partial charge on any atom is 0.0702 e. The normalized spacial score (nSPS) is 16.4. The number of benzene rings is 1. The lowest BCUT2D eigenvalue weighted by atomic mass is 9.82. The van der Waals surface area contributed by atoms with Gasteiger partial charge in [-0.15, -0.1) is 11.3 Å². The van der Waals surface area contributed by atoms with Gasteiger partial charge in [0.15, 0.2) is 0 Å². The Bertz CT molecular complexity index is 532. The van der Waals surface area contributed by atoms with Crippen LogP contribution in [0.5, 0.6) is 0 Å². The Morgan fingerprint density at radius 3 is 2.35 bits per heavy atom. The van der Waals surface area contributed by atoms with Gasteiger partial charge < -0.3 is 0 Å². The van der Waals surface area contributed by atoms with Gasteiger partial charge in [0.2, 0.25) is 0 Å². The van der Waals surface area contributed by atoms with Crippen molar-refractivity contribution in [2.75, 3.05) is 0 Å². The first-order valence-electron chi connectivity index (χ1n) is 5.82.